The first-order valence-electron chi connectivity index (χ1n) is 10.4. The van der Waals surface area contributed by atoms with E-state index in [-0.39, 0.29) is 5.76 Å². The SMILES string of the molecule is Cc1c(C(=O)OCC(=O)N2N=C(c3ccc(Cl)cc3)CC2c2ccco2)oc2ccccc12. The van der Waals surface area contributed by atoms with Crippen LogP contribution in [0.25, 0.3) is 11.0 Å². The molecule has 0 bridgehead atoms. The third-order valence-electron chi connectivity index (χ3n) is 5.57. The highest BCUT2D eigenvalue weighted by molar-refractivity contribution is 6.30. The predicted molar refractivity (Wildman–Crippen MR) is 122 cm³/mol. The van der Waals surface area contributed by atoms with E-state index in [4.69, 9.17) is 25.2 Å². The van der Waals surface area contributed by atoms with Gasteiger partial charge in [-0.2, -0.15) is 5.10 Å². The van der Waals surface area contributed by atoms with Crippen molar-refractivity contribution in [3.63, 3.8) is 0 Å². The second-order valence-electron chi connectivity index (χ2n) is 7.66. The monoisotopic (exact) mass is 462 g/mol. The largest absolute Gasteiger partial charge is 0.467 e. The Bertz CT molecular complexity index is 1360. The van der Waals surface area contributed by atoms with Gasteiger partial charge in [-0.3, -0.25) is 4.79 Å². The van der Waals surface area contributed by atoms with Crippen LogP contribution in [0.5, 0.6) is 0 Å². The lowest BCUT2D eigenvalue weighted by molar-refractivity contribution is -0.136. The fraction of sp³-hybridized carbons (Fsp3) is 0.160. The molecule has 1 aliphatic rings. The topological polar surface area (TPSA) is 85.3 Å². The van der Waals surface area contributed by atoms with Crippen molar-refractivity contribution >= 4 is 40.2 Å². The molecule has 0 N–H and O–H groups in total. The van der Waals surface area contributed by atoms with Crippen LogP contribution in [-0.4, -0.2) is 29.2 Å². The molecule has 1 amide bonds. The van der Waals surface area contributed by atoms with Gasteiger partial charge in [-0.25, -0.2) is 9.80 Å². The molecule has 0 spiro atoms. The van der Waals surface area contributed by atoms with Gasteiger partial charge in [0, 0.05) is 22.4 Å². The van der Waals surface area contributed by atoms with E-state index in [0.717, 1.165) is 10.9 Å². The molecule has 1 aliphatic heterocycles. The van der Waals surface area contributed by atoms with Gasteiger partial charge in [0.2, 0.25) is 5.76 Å². The molecule has 1 atom stereocenters. The van der Waals surface area contributed by atoms with Gasteiger partial charge in [0.15, 0.2) is 6.61 Å². The maximum Gasteiger partial charge on any atom is 0.375 e. The molecule has 3 heterocycles. The van der Waals surface area contributed by atoms with Gasteiger partial charge in [-0.1, -0.05) is 41.9 Å². The van der Waals surface area contributed by atoms with Crippen molar-refractivity contribution in [1.82, 2.24) is 5.01 Å². The summed E-state index contributed by atoms with van der Waals surface area (Å²) in [6.07, 6.45) is 2.00. The van der Waals surface area contributed by atoms with E-state index in [1.165, 1.54) is 5.01 Å². The molecule has 0 saturated heterocycles. The molecule has 4 aromatic rings. The molecule has 1 unspecified atom stereocenters. The van der Waals surface area contributed by atoms with Gasteiger partial charge in [-0.05, 0) is 42.8 Å². The van der Waals surface area contributed by atoms with Crippen molar-refractivity contribution in [1.29, 1.82) is 0 Å². The fourth-order valence-electron chi connectivity index (χ4n) is 3.89. The summed E-state index contributed by atoms with van der Waals surface area (Å²) in [7, 11) is 0. The van der Waals surface area contributed by atoms with Crippen LogP contribution in [0, 0.1) is 6.92 Å². The van der Waals surface area contributed by atoms with Crippen LogP contribution < -0.4 is 0 Å². The number of fused-ring (bicyclic) bond motifs is 1. The number of carbonyl (C=O) groups is 2. The van der Waals surface area contributed by atoms with E-state index in [2.05, 4.69) is 5.10 Å². The highest BCUT2D eigenvalue weighted by Crippen LogP contribution is 2.33. The number of furan rings is 2. The molecule has 0 aliphatic carbocycles. The molecule has 33 heavy (non-hydrogen) atoms. The number of halogens is 1. The summed E-state index contributed by atoms with van der Waals surface area (Å²) < 4.78 is 16.5. The summed E-state index contributed by atoms with van der Waals surface area (Å²) >= 11 is 5.99. The third-order valence-corrected chi connectivity index (χ3v) is 5.82. The smallest absolute Gasteiger partial charge is 0.375 e. The molecule has 8 heteroatoms. The molecule has 166 valence electrons. The fourth-order valence-corrected chi connectivity index (χ4v) is 4.01. The molecule has 2 aromatic carbocycles. The number of aryl methyl sites for hydroxylation is 1. The average Bonchev–Trinajstić information content (AvgIpc) is 3.57. The number of rotatable bonds is 5. The van der Waals surface area contributed by atoms with Gasteiger partial charge in [0.1, 0.15) is 17.4 Å². The molecule has 5 rings (SSSR count). The van der Waals surface area contributed by atoms with Crippen molar-refractivity contribution < 1.29 is 23.2 Å². The molecule has 0 fully saturated rings. The number of esters is 1. The first-order chi connectivity index (χ1) is 16.0. The normalized spacial score (nSPS) is 15.6. The minimum atomic E-state index is -0.701. The van der Waals surface area contributed by atoms with Crippen molar-refractivity contribution in [2.45, 2.75) is 19.4 Å². The predicted octanol–water partition coefficient (Wildman–Crippen LogP) is 5.52. The Morgan fingerprint density at radius 2 is 1.91 bits per heavy atom. The highest BCUT2D eigenvalue weighted by Gasteiger charge is 2.35. The minimum absolute atomic E-state index is 0.0818. The molecule has 0 saturated carbocycles. The number of hydrogen-bond acceptors (Lipinski definition) is 6. The minimum Gasteiger partial charge on any atom is -0.467 e. The summed E-state index contributed by atoms with van der Waals surface area (Å²) in [5.74, 6) is -0.496. The second kappa shape index (κ2) is 8.60. The van der Waals surface area contributed by atoms with Crippen molar-refractivity contribution in [2.75, 3.05) is 6.61 Å². The van der Waals surface area contributed by atoms with Crippen LogP contribution in [0.4, 0.5) is 0 Å². The highest BCUT2D eigenvalue weighted by atomic mass is 35.5. The van der Waals surface area contributed by atoms with E-state index < -0.39 is 24.5 Å². The summed E-state index contributed by atoms with van der Waals surface area (Å²) in [6.45, 7) is 1.30. The third kappa shape index (κ3) is 4.03. The van der Waals surface area contributed by atoms with E-state index >= 15 is 0 Å². The summed E-state index contributed by atoms with van der Waals surface area (Å²) in [4.78, 5) is 25.7. The molecular weight excluding hydrogens is 444 g/mol. The van der Waals surface area contributed by atoms with E-state index in [1.807, 2.05) is 30.3 Å². The van der Waals surface area contributed by atoms with Crippen LogP contribution in [-0.2, 0) is 9.53 Å². The van der Waals surface area contributed by atoms with Gasteiger partial charge in [-0.15, -0.1) is 0 Å². The first-order valence-corrected chi connectivity index (χ1v) is 10.7. The number of hydrogen-bond donors (Lipinski definition) is 0. The lowest BCUT2D eigenvalue weighted by atomic mass is 10.0. The Morgan fingerprint density at radius 3 is 2.64 bits per heavy atom. The Kier molecular flexibility index (Phi) is 5.48. The second-order valence-corrected chi connectivity index (χ2v) is 8.09. The summed E-state index contributed by atoms with van der Waals surface area (Å²) in [5, 5.41) is 7.25. The van der Waals surface area contributed by atoms with Gasteiger partial charge in [0.25, 0.3) is 5.91 Å². The quantitative estimate of drug-likeness (QED) is 0.364. The maximum absolute atomic E-state index is 13.0. The molecule has 7 nitrogen and oxygen atoms in total. The van der Waals surface area contributed by atoms with Crippen LogP contribution >= 0.6 is 11.6 Å². The lowest BCUT2D eigenvalue weighted by Crippen LogP contribution is -2.31. The van der Waals surface area contributed by atoms with Crippen LogP contribution in [0.2, 0.25) is 5.02 Å². The summed E-state index contributed by atoms with van der Waals surface area (Å²) in [5.41, 5.74) is 2.81. The van der Waals surface area contributed by atoms with Crippen LogP contribution in [0.15, 0.2) is 80.9 Å². The number of amides is 1. The zero-order chi connectivity index (χ0) is 22.9. The number of para-hydroxylation sites is 1. The summed E-state index contributed by atoms with van der Waals surface area (Å²) in [6, 6.07) is 17.6. The number of carbonyl (C=O) groups excluding carboxylic acids is 2. The Labute approximate surface area is 194 Å². The number of hydrazone groups is 1. The Balaban J connectivity index is 1.35. The van der Waals surface area contributed by atoms with E-state index in [1.54, 1.807) is 43.5 Å². The van der Waals surface area contributed by atoms with Crippen LogP contribution in [0.3, 0.4) is 0 Å². The van der Waals surface area contributed by atoms with E-state index in [0.29, 0.717) is 34.1 Å². The Hall–Kier alpha value is -3.84. The number of nitrogens with zero attached hydrogens (tertiary/aromatic N) is 2. The van der Waals surface area contributed by atoms with Crippen LogP contribution in [0.1, 0.15) is 39.9 Å². The van der Waals surface area contributed by atoms with Crippen molar-refractivity contribution in [3.05, 3.63) is 94.6 Å². The molecule has 2 aromatic heterocycles. The van der Waals surface area contributed by atoms with E-state index in [9.17, 15) is 9.59 Å². The molecular formula is C25H19ClN2O5. The zero-order valence-electron chi connectivity index (χ0n) is 17.7. The first kappa shape index (κ1) is 21.0. The molecule has 0 radical (unpaired) electrons. The maximum atomic E-state index is 13.0. The Morgan fingerprint density at radius 1 is 1.12 bits per heavy atom. The standard InChI is InChI=1S/C25H19ClN2O5/c1-15-18-5-2-3-6-21(18)33-24(15)25(30)32-14-23(29)28-20(22-7-4-12-31-22)13-19(27-28)16-8-10-17(26)11-9-16/h2-12,20H,13-14H2,1H3. The number of benzene rings is 2. The average molecular weight is 463 g/mol. The van der Waals surface area contributed by atoms with Crippen molar-refractivity contribution in [3.8, 4) is 0 Å². The lowest BCUT2D eigenvalue weighted by Gasteiger charge is -2.19. The van der Waals surface area contributed by atoms with Gasteiger partial charge >= 0.3 is 5.97 Å². The van der Waals surface area contributed by atoms with Gasteiger partial charge < -0.3 is 13.6 Å². The van der Waals surface area contributed by atoms with Gasteiger partial charge in [0.05, 0.1) is 12.0 Å². The van der Waals surface area contributed by atoms with Crippen molar-refractivity contribution in [2.24, 2.45) is 5.10 Å². The number of ether oxygens (including phenoxy) is 1. The zero-order valence-corrected chi connectivity index (χ0v) is 18.4.